The molecule has 6 heteroatoms. The lowest BCUT2D eigenvalue weighted by Gasteiger charge is -2.15. The van der Waals surface area contributed by atoms with Crippen LogP contribution >= 0.6 is 0 Å². The van der Waals surface area contributed by atoms with Gasteiger partial charge < -0.3 is 15.0 Å². The van der Waals surface area contributed by atoms with E-state index in [0.29, 0.717) is 18.0 Å². The molecule has 1 saturated carbocycles. The summed E-state index contributed by atoms with van der Waals surface area (Å²) in [5.74, 6) is 0.275. The number of hydrogen-bond donors (Lipinski definition) is 2. The second-order valence-corrected chi connectivity index (χ2v) is 5.62. The Balaban J connectivity index is 1.65. The van der Waals surface area contributed by atoms with Crippen molar-refractivity contribution < 1.29 is 9.53 Å². The Kier molecular flexibility index (Phi) is 4.71. The molecule has 3 rings (SSSR count). The van der Waals surface area contributed by atoms with Crippen molar-refractivity contribution in [1.82, 2.24) is 15.3 Å². The number of hydrogen-bond acceptors (Lipinski definition) is 4. The van der Waals surface area contributed by atoms with Crippen molar-refractivity contribution in [3.8, 4) is 5.88 Å². The number of nitrogens with one attached hydrogen (secondary N) is 2. The molecule has 1 aliphatic rings. The summed E-state index contributed by atoms with van der Waals surface area (Å²) in [6, 6.07) is 6.54. The van der Waals surface area contributed by atoms with Gasteiger partial charge in [-0.1, -0.05) is 6.07 Å². The highest BCUT2D eigenvalue weighted by Crippen LogP contribution is 2.24. The molecule has 0 unspecified atom stereocenters. The van der Waals surface area contributed by atoms with Crippen molar-refractivity contribution in [1.29, 1.82) is 0 Å². The van der Waals surface area contributed by atoms with Crippen LogP contribution in [0.4, 0.5) is 0 Å². The number of H-pyrrole nitrogens is 1. The van der Waals surface area contributed by atoms with Crippen LogP contribution in [-0.2, 0) is 6.54 Å². The molecule has 1 aliphatic carbocycles. The fourth-order valence-corrected chi connectivity index (χ4v) is 2.69. The summed E-state index contributed by atoms with van der Waals surface area (Å²) in [4.78, 5) is 30.1. The quantitative estimate of drug-likeness (QED) is 0.884. The molecule has 1 amide bonds. The highest BCUT2D eigenvalue weighted by Gasteiger charge is 2.18. The maximum atomic E-state index is 12.1. The number of ether oxygens (including phenoxy) is 1. The smallest absolute Gasteiger partial charge is 0.251 e. The summed E-state index contributed by atoms with van der Waals surface area (Å²) < 4.78 is 5.95. The van der Waals surface area contributed by atoms with Crippen LogP contribution in [0.15, 0.2) is 41.5 Å². The largest absolute Gasteiger partial charge is 0.474 e. The van der Waals surface area contributed by atoms with Gasteiger partial charge in [-0.25, -0.2) is 4.98 Å². The molecule has 1 fully saturated rings. The van der Waals surface area contributed by atoms with Crippen molar-refractivity contribution in [2.45, 2.75) is 38.3 Å². The van der Waals surface area contributed by atoms with Gasteiger partial charge in [0.05, 0.1) is 0 Å². The van der Waals surface area contributed by atoms with Crippen molar-refractivity contribution in [2.75, 3.05) is 0 Å². The minimum absolute atomic E-state index is 0.215. The fraction of sp³-hybridized carbons (Fsp3) is 0.353. The predicted octanol–water partition coefficient (Wildman–Crippen LogP) is 2.02. The second-order valence-electron chi connectivity index (χ2n) is 5.62. The number of carbonyl (C=O) groups is 1. The molecule has 0 atom stereocenters. The molecule has 2 aromatic rings. The van der Waals surface area contributed by atoms with Crippen molar-refractivity contribution in [3.05, 3.63) is 58.1 Å². The Bertz CT molecular complexity index is 736. The maximum Gasteiger partial charge on any atom is 0.251 e. The van der Waals surface area contributed by atoms with Crippen LogP contribution in [0.25, 0.3) is 0 Å². The Hall–Kier alpha value is -2.63. The molecule has 2 aromatic heterocycles. The van der Waals surface area contributed by atoms with Gasteiger partial charge in [-0.2, -0.15) is 0 Å². The van der Waals surface area contributed by atoms with Gasteiger partial charge in [-0.3, -0.25) is 9.59 Å². The van der Waals surface area contributed by atoms with Crippen LogP contribution in [0.1, 0.15) is 41.6 Å². The molecule has 6 nitrogen and oxygen atoms in total. The number of nitrogens with zero attached hydrogens (tertiary/aromatic N) is 1. The minimum atomic E-state index is -0.302. The molecular weight excluding hydrogens is 294 g/mol. The van der Waals surface area contributed by atoms with E-state index in [0.717, 1.165) is 18.4 Å². The number of amides is 1. The van der Waals surface area contributed by atoms with Crippen molar-refractivity contribution in [2.24, 2.45) is 0 Å². The summed E-state index contributed by atoms with van der Waals surface area (Å²) in [5.41, 5.74) is 0.859. The highest BCUT2D eigenvalue weighted by molar-refractivity contribution is 5.93. The van der Waals surface area contributed by atoms with Gasteiger partial charge in [0, 0.05) is 36.1 Å². The van der Waals surface area contributed by atoms with Gasteiger partial charge >= 0.3 is 0 Å². The maximum absolute atomic E-state index is 12.1. The van der Waals surface area contributed by atoms with E-state index in [1.165, 1.54) is 25.1 Å². The fourth-order valence-electron chi connectivity index (χ4n) is 2.69. The highest BCUT2D eigenvalue weighted by atomic mass is 16.5. The number of aromatic nitrogens is 2. The average Bonchev–Trinajstić information content (AvgIpc) is 3.07. The SMILES string of the molecule is O=C(NCc1cccnc1OC1CCCC1)c1cc[nH]c(=O)c1. The predicted molar refractivity (Wildman–Crippen MR) is 85.4 cm³/mol. The van der Waals surface area contributed by atoms with Crippen LogP contribution in [0.2, 0.25) is 0 Å². The topological polar surface area (TPSA) is 84.1 Å². The van der Waals surface area contributed by atoms with Crippen LogP contribution in [0, 0.1) is 0 Å². The minimum Gasteiger partial charge on any atom is -0.474 e. The third kappa shape index (κ3) is 3.97. The summed E-state index contributed by atoms with van der Waals surface area (Å²) in [6.07, 6.45) is 7.83. The van der Waals surface area contributed by atoms with Crippen LogP contribution in [-0.4, -0.2) is 22.0 Å². The molecular formula is C17H19N3O3. The zero-order valence-corrected chi connectivity index (χ0v) is 12.7. The third-order valence-corrected chi connectivity index (χ3v) is 3.91. The van der Waals surface area contributed by atoms with Gasteiger partial charge in [0.1, 0.15) is 6.10 Å². The number of pyridine rings is 2. The van der Waals surface area contributed by atoms with Crippen LogP contribution < -0.4 is 15.6 Å². The first-order valence-electron chi connectivity index (χ1n) is 7.80. The normalized spacial score (nSPS) is 14.6. The first kappa shape index (κ1) is 15.3. The van der Waals surface area contributed by atoms with Gasteiger partial charge in [-0.15, -0.1) is 0 Å². The van der Waals surface area contributed by atoms with Gasteiger partial charge in [0.15, 0.2) is 0 Å². The lowest BCUT2D eigenvalue weighted by atomic mass is 10.2. The lowest BCUT2D eigenvalue weighted by molar-refractivity contribution is 0.0950. The first-order chi connectivity index (χ1) is 11.2. The molecule has 0 spiro atoms. The summed E-state index contributed by atoms with van der Waals surface area (Å²) >= 11 is 0. The standard InChI is InChI=1S/C17H19N3O3/c21-15-10-12(7-9-18-15)16(22)20-11-13-4-3-8-19-17(13)23-14-5-1-2-6-14/h3-4,7-10,14H,1-2,5-6,11H2,(H,18,21)(H,20,22). The van der Waals surface area contributed by atoms with E-state index in [-0.39, 0.29) is 17.6 Å². The molecule has 120 valence electrons. The molecule has 2 N–H and O–H groups in total. The van der Waals surface area contributed by atoms with Gasteiger partial charge in [-0.05, 0) is 37.8 Å². The van der Waals surface area contributed by atoms with E-state index in [1.807, 2.05) is 12.1 Å². The molecule has 0 radical (unpaired) electrons. The number of carbonyl (C=O) groups excluding carboxylic acids is 1. The van der Waals surface area contributed by atoms with Gasteiger partial charge in [0.2, 0.25) is 11.4 Å². The summed E-state index contributed by atoms with van der Waals surface area (Å²) in [6.45, 7) is 0.307. The average molecular weight is 313 g/mol. The molecule has 2 heterocycles. The Morgan fingerprint density at radius 2 is 2.17 bits per heavy atom. The van der Waals surface area contributed by atoms with E-state index >= 15 is 0 Å². The van der Waals surface area contributed by atoms with E-state index in [4.69, 9.17) is 4.74 Å². The van der Waals surface area contributed by atoms with Crippen LogP contribution in [0.3, 0.4) is 0 Å². The zero-order chi connectivity index (χ0) is 16.1. The zero-order valence-electron chi connectivity index (χ0n) is 12.7. The molecule has 0 saturated heterocycles. The Morgan fingerprint density at radius 1 is 1.35 bits per heavy atom. The van der Waals surface area contributed by atoms with E-state index < -0.39 is 0 Å². The first-order valence-corrected chi connectivity index (χ1v) is 7.80. The van der Waals surface area contributed by atoms with E-state index in [2.05, 4.69) is 15.3 Å². The Labute approximate surface area is 133 Å². The number of aromatic amines is 1. The van der Waals surface area contributed by atoms with Crippen molar-refractivity contribution in [3.63, 3.8) is 0 Å². The van der Waals surface area contributed by atoms with E-state index in [1.54, 1.807) is 12.3 Å². The molecule has 0 aliphatic heterocycles. The Morgan fingerprint density at radius 3 is 2.96 bits per heavy atom. The van der Waals surface area contributed by atoms with Gasteiger partial charge in [0.25, 0.3) is 5.91 Å². The third-order valence-electron chi connectivity index (χ3n) is 3.91. The second kappa shape index (κ2) is 7.09. The van der Waals surface area contributed by atoms with Crippen molar-refractivity contribution >= 4 is 5.91 Å². The monoisotopic (exact) mass is 313 g/mol. The van der Waals surface area contributed by atoms with E-state index in [9.17, 15) is 9.59 Å². The molecule has 0 bridgehead atoms. The molecule has 0 aromatic carbocycles. The number of rotatable bonds is 5. The van der Waals surface area contributed by atoms with Crippen LogP contribution in [0.5, 0.6) is 5.88 Å². The summed E-state index contributed by atoms with van der Waals surface area (Å²) in [5, 5.41) is 2.80. The lowest BCUT2D eigenvalue weighted by Crippen LogP contribution is -2.25. The molecule has 23 heavy (non-hydrogen) atoms. The summed E-state index contributed by atoms with van der Waals surface area (Å²) in [7, 11) is 0.